The molecule has 380 valence electrons. The monoisotopic (exact) mass is 972 g/mol. The molecule has 0 spiro atoms. The Morgan fingerprint density at radius 2 is 1.66 bits per heavy atom. The van der Waals surface area contributed by atoms with Crippen LogP contribution in [0, 0.1) is 29.4 Å². The quantitative estimate of drug-likeness (QED) is 0.0618. The molecule has 0 aromatic heterocycles. The first kappa shape index (κ1) is 50.9. The molecular weight excluding hydrogens is 899 g/mol. The van der Waals surface area contributed by atoms with Crippen molar-refractivity contribution in [1.82, 2.24) is 41.5 Å². The Hall–Kier alpha value is -5.43. The number of carbonyl (C=O) groups is 5. The van der Waals surface area contributed by atoms with Crippen LogP contribution >= 0.6 is 0 Å². The van der Waals surface area contributed by atoms with Crippen molar-refractivity contribution < 1.29 is 43.2 Å². The van der Waals surface area contributed by atoms with Crippen molar-refractivity contribution in [3.05, 3.63) is 88.3 Å². The molecule has 8 rings (SSSR count). The zero-order valence-corrected chi connectivity index (χ0v) is 40.8. The normalized spacial score (nSPS) is 26.5. The molecule has 4 heterocycles. The summed E-state index contributed by atoms with van der Waals surface area (Å²) in [5.41, 5.74) is 15.7. The number of ether oxygens (including phenoxy) is 1. The number of fused-ring (bicyclic) bond motifs is 1. The number of nitrogens with zero attached hydrogens (tertiary/aromatic N) is 3. The molecule has 3 saturated heterocycles. The standard InChI is InChI=1S/C52H72F2N10O6/c1-32-24-42(55)45(28-35(32)25-34-26-36(53)29-37(54)27-34)60-61-50(67)40-11-10-39(30-44(40)58-38-14-22-70-23-15-38)63-20-18-62(19-21-63)31-48(66)57-17-6-4-3-5-16-56-43-9-7-8-41-49(43)33(2)64(52(41)69)46-12-13-47(65)59-51(46)68/h7-10,26-27,29-30,32-33,35,38,40,42,45-46,56,58,60H,3-6,11-25,28,31,55H2,1-2H3,(H,57,66)(H,61,67)(H,59,65,68)/p+1. The van der Waals surface area contributed by atoms with Gasteiger partial charge in [0.1, 0.15) is 23.7 Å². The van der Waals surface area contributed by atoms with E-state index < -0.39 is 29.5 Å². The van der Waals surface area contributed by atoms with Gasteiger partial charge in [0.25, 0.3) is 5.91 Å². The van der Waals surface area contributed by atoms with E-state index in [9.17, 15) is 32.8 Å². The highest BCUT2D eigenvalue weighted by atomic mass is 19.1. The molecule has 4 fully saturated rings. The van der Waals surface area contributed by atoms with Crippen LogP contribution in [0.5, 0.6) is 0 Å². The molecule has 70 heavy (non-hydrogen) atoms. The number of carbonyl (C=O) groups excluding carboxylic acids is 5. The second-order valence-electron chi connectivity index (χ2n) is 20.3. The van der Waals surface area contributed by atoms with Crippen LogP contribution in [0.15, 0.2) is 59.9 Å². The predicted octanol–water partition coefficient (Wildman–Crippen LogP) is 3.44. The van der Waals surface area contributed by atoms with Crippen molar-refractivity contribution in [3.63, 3.8) is 0 Å². The molecule has 2 aromatic rings. The average Bonchev–Trinajstić information content (AvgIpc) is 3.59. The van der Waals surface area contributed by atoms with Gasteiger partial charge >= 0.3 is 0 Å². The number of hydrogen-bond donors (Lipinski definition) is 7. The molecule has 16 nitrogen and oxygen atoms in total. The highest BCUT2D eigenvalue weighted by molar-refractivity contribution is 6.06. The molecule has 2 aliphatic carbocycles. The minimum Gasteiger partial charge on any atom is -0.385 e. The van der Waals surface area contributed by atoms with Crippen LogP contribution in [-0.4, -0.2) is 127 Å². The van der Waals surface area contributed by atoms with Crippen LogP contribution < -0.4 is 37.9 Å². The third-order valence-electron chi connectivity index (χ3n) is 15.4. The summed E-state index contributed by atoms with van der Waals surface area (Å²) in [6, 6.07) is 8.55. The third kappa shape index (κ3) is 12.7. The minimum atomic E-state index is -0.663. The number of amides is 5. The SMILES string of the molecule is CC1CC([NH3+])C(NNC(=O)C2CC=C(N3CCN(CC(=O)NCCCCCCNc4cccc5c4C(C)N(C4CCC(=O)NC4=O)C5=O)CC3)C=C2NC2CCOCC2)CC1Cc1cc(F)cc(F)c1. The molecule has 2 aromatic carbocycles. The average molecular weight is 972 g/mol. The van der Waals surface area contributed by atoms with Gasteiger partial charge in [0, 0.05) is 106 Å². The molecule has 9 N–H and O–H groups in total. The Morgan fingerprint density at radius 3 is 2.40 bits per heavy atom. The number of piperidine rings is 1. The Morgan fingerprint density at radius 1 is 0.914 bits per heavy atom. The number of unbranched alkanes of at least 4 members (excludes halogenated alkanes) is 3. The summed E-state index contributed by atoms with van der Waals surface area (Å²) in [5.74, 6) is -2.06. The van der Waals surface area contributed by atoms with Crippen LogP contribution in [0.1, 0.15) is 112 Å². The topological polar surface area (TPSA) is 204 Å². The Labute approximate surface area is 410 Å². The third-order valence-corrected chi connectivity index (χ3v) is 15.4. The highest BCUT2D eigenvalue weighted by Crippen LogP contribution is 2.41. The van der Waals surface area contributed by atoms with Gasteiger partial charge < -0.3 is 36.2 Å². The molecular formula is C52H73F2N10O6+. The largest absolute Gasteiger partial charge is 0.385 e. The summed E-state index contributed by atoms with van der Waals surface area (Å²) in [6.45, 7) is 10.2. The number of anilines is 1. The van der Waals surface area contributed by atoms with Crippen LogP contribution in [0.4, 0.5) is 14.5 Å². The van der Waals surface area contributed by atoms with Gasteiger partial charge in [0.2, 0.25) is 23.6 Å². The van der Waals surface area contributed by atoms with E-state index in [4.69, 9.17) is 4.74 Å². The summed E-state index contributed by atoms with van der Waals surface area (Å²) < 4.78 is 33.6. The van der Waals surface area contributed by atoms with Crippen LogP contribution in [-0.2, 0) is 30.3 Å². The van der Waals surface area contributed by atoms with Crippen molar-refractivity contribution in [2.75, 3.05) is 64.3 Å². The van der Waals surface area contributed by atoms with Crippen molar-refractivity contribution >= 4 is 35.2 Å². The number of hydrogen-bond acceptors (Lipinski definition) is 11. The molecule has 7 unspecified atom stereocenters. The molecule has 7 atom stereocenters. The van der Waals surface area contributed by atoms with Crippen molar-refractivity contribution in [3.8, 4) is 0 Å². The molecule has 18 heteroatoms. The summed E-state index contributed by atoms with van der Waals surface area (Å²) in [5, 5.41) is 12.7. The lowest BCUT2D eigenvalue weighted by molar-refractivity contribution is -0.435. The van der Waals surface area contributed by atoms with Crippen LogP contribution in [0.3, 0.4) is 0 Å². The highest BCUT2D eigenvalue weighted by Gasteiger charge is 2.44. The van der Waals surface area contributed by atoms with Gasteiger partial charge in [-0.15, -0.1) is 0 Å². The van der Waals surface area contributed by atoms with E-state index in [0.717, 1.165) is 113 Å². The lowest BCUT2D eigenvalue weighted by Gasteiger charge is -2.39. The van der Waals surface area contributed by atoms with E-state index in [1.807, 2.05) is 19.1 Å². The van der Waals surface area contributed by atoms with E-state index in [1.165, 1.54) is 12.1 Å². The minimum absolute atomic E-state index is 0.0238. The van der Waals surface area contributed by atoms with Gasteiger partial charge in [-0.1, -0.05) is 31.9 Å². The van der Waals surface area contributed by atoms with Gasteiger partial charge in [-0.05, 0) is 106 Å². The van der Waals surface area contributed by atoms with Gasteiger partial charge in [-0.2, -0.15) is 0 Å². The fourth-order valence-electron chi connectivity index (χ4n) is 11.3. The molecule has 5 amide bonds. The second-order valence-corrected chi connectivity index (χ2v) is 20.3. The van der Waals surface area contributed by atoms with Crippen molar-refractivity contribution in [1.29, 1.82) is 0 Å². The molecule has 6 aliphatic rings. The maximum Gasteiger partial charge on any atom is 0.255 e. The number of halogens is 2. The first-order chi connectivity index (χ1) is 33.8. The molecule has 0 bridgehead atoms. The van der Waals surface area contributed by atoms with Gasteiger partial charge in [-0.25, -0.2) is 14.2 Å². The van der Waals surface area contributed by atoms with Gasteiger partial charge in [-0.3, -0.25) is 39.6 Å². The second kappa shape index (κ2) is 23.7. The Bertz CT molecular complexity index is 2260. The Balaban J connectivity index is 0.739. The van der Waals surface area contributed by atoms with E-state index in [-0.39, 0.29) is 60.1 Å². The number of quaternary nitrogens is 1. The zero-order chi connectivity index (χ0) is 49.3. The van der Waals surface area contributed by atoms with Gasteiger partial charge in [0.15, 0.2) is 0 Å². The summed E-state index contributed by atoms with van der Waals surface area (Å²) in [6.07, 6.45) is 12.9. The number of piperazine rings is 1. The number of benzene rings is 2. The van der Waals surface area contributed by atoms with Gasteiger partial charge in [0.05, 0.1) is 24.5 Å². The van der Waals surface area contributed by atoms with Crippen molar-refractivity contribution in [2.45, 2.75) is 121 Å². The van der Waals surface area contributed by atoms with Crippen molar-refractivity contribution in [2.24, 2.45) is 17.8 Å². The number of rotatable bonds is 19. The number of hydrazine groups is 1. The van der Waals surface area contributed by atoms with E-state index in [1.54, 1.807) is 11.0 Å². The predicted molar refractivity (Wildman–Crippen MR) is 260 cm³/mol. The summed E-state index contributed by atoms with van der Waals surface area (Å²) in [4.78, 5) is 70.7. The lowest BCUT2D eigenvalue weighted by Crippen LogP contribution is -2.73. The lowest BCUT2D eigenvalue weighted by atomic mass is 9.73. The zero-order valence-electron chi connectivity index (χ0n) is 40.8. The summed E-state index contributed by atoms with van der Waals surface area (Å²) in [7, 11) is 0. The molecule has 0 radical (unpaired) electrons. The number of nitrogens with one attached hydrogen (secondary N) is 6. The van der Waals surface area contributed by atoms with E-state index >= 15 is 0 Å². The smallest absolute Gasteiger partial charge is 0.255 e. The van der Waals surface area contributed by atoms with Crippen LogP contribution in [0.2, 0.25) is 0 Å². The van der Waals surface area contributed by atoms with E-state index in [2.05, 4.69) is 66.7 Å². The maximum absolute atomic E-state index is 14.0. The fraction of sp³-hybridized carbons (Fsp3) is 0.596. The van der Waals surface area contributed by atoms with E-state index in [0.29, 0.717) is 62.6 Å². The number of allylic oxidation sites excluding steroid dienone is 2. The first-order valence-corrected chi connectivity index (χ1v) is 25.7. The summed E-state index contributed by atoms with van der Waals surface area (Å²) >= 11 is 0. The first-order valence-electron chi connectivity index (χ1n) is 25.7. The fourth-order valence-corrected chi connectivity index (χ4v) is 11.3. The van der Waals surface area contributed by atoms with Crippen LogP contribution in [0.25, 0.3) is 0 Å². The number of imide groups is 1. The molecule has 4 aliphatic heterocycles. The Kier molecular flexibility index (Phi) is 17.2. The maximum atomic E-state index is 14.0. The molecule has 1 saturated carbocycles.